The lowest BCUT2D eigenvalue weighted by Crippen LogP contribution is -2.30. The fraction of sp³-hybridized carbons (Fsp3) is 0.562. The molecule has 4 heteroatoms. The summed E-state index contributed by atoms with van der Waals surface area (Å²) < 4.78 is 10.7. The van der Waals surface area contributed by atoms with Crippen LogP contribution in [0, 0.1) is 5.92 Å². The van der Waals surface area contributed by atoms with Gasteiger partial charge in [-0.25, -0.2) is 4.79 Å². The van der Waals surface area contributed by atoms with Crippen LogP contribution in [0.4, 0.5) is 0 Å². The molecule has 2 rings (SSSR count). The number of rotatable bonds is 6. The van der Waals surface area contributed by atoms with E-state index in [2.05, 4.69) is 5.32 Å². The van der Waals surface area contributed by atoms with Crippen molar-refractivity contribution in [2.45, 2.75) is 26.2 Å². The molecule has 0 spiro atoms. The molecule has 20 heavy (non-hydrogen) atoms. The van der Waals surface area contributed by atoms with Crippen LogP contribution >= 0.6 is 0 Å². The molecule has 0 radical (unpaired) electrons. The summed E-state index contributed by atoms with van der Waals surface area (Å²) in [6.45, 7) is 5.17. The van der Waals surface area contributed by atoms with Gasteiger partial charge in [0.05, 0.1) is 18.8 Å². The average Bonchev–Trinajstić information content (AvgIpc) is 2.49. The third-order valence-electron chi connectivity index (χ3n) is 3.56. The van der Waals surface area contributed by atoms with Gasteiger partial charge in [0, 0.05) is 0 Å². The number of hydrogen-bond acceptors (Lipinski definition) is 4. The number of carbonyl (C=O) groups is 1. The third-order valence-corrected chi connectivity index (χ3v) is 3.56. The molecule has 1 N–H and O–H groups in total. The molecule has 1 fully saturated rings. The van der Waals surface area contributed by atoms with Crippen LogP contribution in [-0.4, -0.2) is 32.3 Å². The molecular formula is C16H23NO3. The molecule has 1 atom stereocenters. The number of piperidine rings is 1. The second-order valence-electron chi connectivity index (χ2n) is 5.09. The van der Waals surface area contributed by atoms with Crippen molar-refractivity contribution in [3.63, 3.8) is 0 Å². The number of benzene rings is 1. The Balaban J connectivity index is 1.74. The molecular weight excluding hydrogens is 254 g/mol. The molecule has 0 aromatic heterocycles. The van der Waals surface area contributed by atoms with E-state index in [1.807, 2.05) is 12.1 Å². The molecule has 110 valence electrons. The normalized spacial score (nSPS) is 18.6. The summed E-state index contributed by atoms with van der Waals surface area (Å²) in [6, 6.07) is 7.14. The molecule has 0 saturated carbocycles. The van der Waals surface area contributed by atoms with Crippen molar-refractivity contribution in [2.75, 3.05) is 26.3 Å². The van der Waals surface area contributed by atoms with Gasteiger partial charge in [-0.05, 0) is 69.5 Å². The van der Waals surface area contributed by atoms with E-state index in [0.29, 0.717) is 12.2 Å². The lowest BCUT2D eigenvalue weighted by atomic mass is 9.97. The van der Waals surface area contributed by atoms with Gasteiger partial charge in [-0.1, -0.05) is 0 Å². The van der Waals surface area contributed by atoms with Crippen LogP contribution in [0.3, 0.4) is 0 Å². The zero-order valence-electron chi connectivity index (χ0n) is 12.1. The molecule has 1 saturated heterocycles. The standard InChI is InChI=1S/C16H23NO3/c1-2-19-16(18)14-5-7-15(8-6-14)20-11-9-13-4-3-10-17-12-13/h5-8,13,17H,2-4,9-12H2,1H3/t13-/m1/s1. The van der Waals surface area contributed by atoms with Crippen molar-refractivity contribution in [1.29, 1.82) is 0 Å². The zero-order valence-corrected chi connectivity index (χ0v) is 12.1. The summed E-state index contributed by atoms with van der Waals surface area (Å²) in [5, 5.41) is 3.41. The minimum Gasteiger partial charge on any atom is -0.494 e. The van der Waals surface area contributed by atoms with Crippen LogP contribution in [0.2, 0.25) is 0 Å². The Kier molecular flexibility index (Phi) is 5.87. The van der Waals surface area contributed by atoms with Gasteiger partial charge in [-0.3, -0.25) is 0 Å². The van der Waals surface area contributed by atoms with Crippen LogP contribution in [0.5, 0.6) is 5.75 Å². The van der Waals surface area contributed by atoms with Crippen molar-refractivity contribution < 1.29 is 14.3 Å². The predicted molar refractivity (Wildman–Crippen MR) is 78.1 cm³/mol. The largest absolute Gasteiger partial charge is 0.494 e. The lowest BCUT2D eigenvalue weighted by Gasteiger charge is -2.22. The highest BCUT2D eigenvalue weighted by Crippen LogP contribution is 2.17. The molecule has 1 aliphatic rings. The maximum atomic E-state index is 11.5. The van der Waals surface area contributed by atoms with Crippen molar-refractivity contribution in [3.8, 4) is 5.75 Å². The summed E-state index contributed by atoms with van der Waals surface area (Å²) in [4.78, 5) is 11.5. The number of hydrogen-bond donors (Lipinski definition) is 1. The van der Waals surface area contributed by atoms with Crippen molar-refractivity contribution in [3.05, 3.63) is 29.8 Å². The van der Waals surface area contributed by atoms with E-state index in [-0.39, 0.29) is 5.97 Å². The summed E-state index contributed by atoms with van der Waals surface area (Å²) >= 11 is 0. The average molecular weight is 277 g/mol. The van der Waals surface area contributed by atoms with E-state index in [1.165, 1.54) is 12.8 Å². The van der Waals surface area contributed by atoms with Crippen molar-refractivity contribution in [2.24, 2.45) is 5.92 Å². The Morgan fingerprint density at radius 2 is 2.15 bits per heavy atom. The minimum atomic E-state index is -0.285. The monoisotopic (exact) mass is 277 g/mol. The summed E-state index contributed by atoms with van der Waals surface area (Å²) in [7, 11) is 0. The maximum Gasteiger partial charge on any atom is 0.338 e. The second-order valence-corrected chi connectivity index (χ2v) is 5.09. The maximum absolute atomic E-state index is 11.5. The van der Waals surface area contributed by atoms with Gasteiger partial charge in [0.25, 0.3) is 0 Å². The predicted octanol–water partition coefficient (Wildman–Crippen LogP) is 2.63. The summed E-state index contributed by atoms with van der Waals surface area (Å²) in [6.07, 6.45) is 3.63. The number of esters is 1. The Labute approximate surface area is 120 Å². The number of ether oxygens (including phenoxy) is 2. The summed E-state index contributed by atoms with van der Waals surface area (Å²) in [5.74, 6) is 1.25. The molecule has 1 aromatic rings. The highest BCUT2D eigenvalue weighted by Gasteiger charge is 2.12. The Morgan fingerprint density at radius 1 is 1.35 bits per heavy atom. The molecule has 0 unspecified atom stereocenters. The fourth-order valence-corrected chi connectivity index (χ4v) is 2.42. The lowest BCUT2D eigenvalue weighted by molar-refractivity contribution is 0.0526. The first-order chi connectivity index (χ1) is 9.79. The first-order valence-corrected chi connectivity index (χ1v) is 7.40. The van der Waals surface area contributed by atoms with Crippen LogP contribution in [0.25, 0.3) is 0 Å². The molecule has 1 aromatic carbocycles. The number of carbonyl (C=O) groups excluding carboxylic acids is 1. The van der Waals surface area contributed by atoms with E-state index in [4.69, 9.17) is 9.47 Å². The third kappa shape index (κ3) is 4.53. The quantitative estimate of drug-likeness (QED) is 0.812. The first-order valence-electron chi connectivity index (χ1n) is 7.40. The molecule has 0 aliphatic carbocycles. The van der Waals surface area contributed by atoms with Crippen LogP contribution < -0.4 is 10.1 Å². The van der Waals surface area contributed by atoms with Gasteiger partial charge < -0.3 is 14.8 Å². The van der Waals surface area contributed by atoms with Crippen LogP contribution in [0.15, 0.2) is 24.3 Å². The van der Waals surface area contributed by atoms with Crippen LogP contribution in [-0.2, 0) is 4.74 Å². The SMILES string of the molecule is CCOC(=O)c1ccc(OCC[C@H]2CCCNC2)cc1. The Hall–Kier alpha value is -1.55. The number of nitrogens with one attached hydrogen (secondary N) is 1. The van der Waals surface area contributed by atoms with E-state index < -0.39 is 0 Å². The van der Waals surface area contributed by atoms with E-state index in [9.17, 15) is 4.79 Å². The molecule has 1 aliphatic heterocycles. The van der Waals surface area contributed by atoms with Gasteiger partial charge >= 0.3 is 5.97 Å². The van der Waals surface area contributed by atoms with Gasteiger partial charge in [0.2, 0.25) is 0 Å². The van der Waals surface area contributed by atoms with Crippen molar-refractivity contribution >= 4 is 5.97 Å². The van der Waals surface area contributed by atoms with E-state index in [1.54, 1.807) is 19.1 Å². The molecule has 1 heterocycles. The zero-order chi connectivity index (χ0) is 14.2. The topological polar surface area (TPSA) is 47.6 Å². The minimum absolute atomic E-state index is 0.285. The van der Waals surface area contributed by atoms with Gasteiger partial charge in [-0.2, -0.15) is 0 Å². The summed E-state index contributed by atoms with van der Waals surface area (Å²) in [5.41, 5.74) is 0.565. The Morgan fingerprint density at radius 3 is 2.80 bits per heavy atom. The van der Waals surface area contributed by atoms with Gasteiger partial charge in [0.1, 0.15) is 5.75 Å². The highest BCUT2D eigenvalue weighted by atomic mass is 16.5. The van der Waals surface area contributed by atoms with Crippen molar-refractivity contribution in [1.82, 2.24) is 5.32 Å². The molecule has 0 bridgehead atoms. The van der Waals surface area contributed by atoms with Gasteiger partial charge in [0.15, 0.2) is 0 Å². The van der Waals surface area contributed by atoms with E-state index >= 15 is 0 Å². The molecule has 0 amide bonds. The highest BCUT2D eigenvalue weighted by molar-refractivity contribution is 5.89. The van der Waals surface area contributed by atoms with E-state index in [0.717, 1.165) is 37.8 Å². The van der Waals surface area contributed by atoms with Gasteiger partial charge in [-0.15, -0.1) is 0 Å². The fourth-order valence-electron chi connectivity index (χ4n) is 2.42. The first kappa shape index (κ1) is 14.9. The molecule has 4 nitrogen and oxygen atoms in total. The second kappa shape index (κ2) is 7.90. The Bertz CT molecular complexity index is 410. The van der Waals surface area contributed by atoms with Crippen LogP contribution in [0.1, 0.15) is 36.5 Å². The smallest absolute Gasteiger partial charge is 0.338 e.